The van der Waals surface area contributed by atoms with Gasteiger partial charge in [-0.15, -0.1) is 0 Å². The summed E-state index contributed by atoms with van der Waals surface area (Å²) in [4.78, 5) is 13.2. The summed E-state index contributed by atoms with van der Waals surface area (Å²) < 4.78 is 44.0. The van der Waals surface area contributed by atoms with Gasteiger partial charge in [0.05, 0.1) is 36.4 Å². The van der Waals surface area contributed by atoms with Gasteiger partial charge in [-0.3, -0.25) is 4.79 Å². The maximum atomic E-state index is 13.4. The second-order valence-electron chi connectivity index (χ2n) is 6.83. The summed E-state index contributed by atoms with van der Waals surface area (Å²) in [6.07, 6.45) is 2.66. The largest absolute Gasteiger partial charge is 0.497 e. The number of hydrogen-bond donors (Lipinski definition) is 0. The number of methoxy groups -OCH3 is 3. The summed E-state index contributed by atoms with van der Waals surface area (Å²) in [5, 5.41) is 0.375. The Hall–Kier alpha value is -3.01. The highest BCUT2D eigenvalue weighted by Gasteiger charge is 2.30. The number of rotatable bonds is 8. The third kappa shape index (κ3) is 5.55. The number of carbonyl (C=O) groups is 1. The van der Waals surface area contributed by atoms with Gasteiger partial charge in [0, 0.05) is 11.1 Å². The molecule has 0 atom stereocenters. The highest BCUT2D eigenvalue weighted by atomic mass is 79.9. The van der Waals surface area contributed by atoms with Crippen molar-refractivity contribution in [2.24, 2.45) is 0 Å². The Morgan fingerprint density at radius 1 is 0.941 bits per heavy atom. The van der Waals surface area contributed by atoms with E-state index < -0.39 is 15.9 Å². The molecule has 0 aliphatic rings. The third-order valence-corrected chi connectivity index (χ3v) is 7.31. The summed E-state index contributed by atoms with van der Waals surface area (Å²) in [5.74, 6) is 0.692. The molecule has 0 aliphatic carbocycles. The number of benzene rings is 3. The normalized spacial score (nSPS) is 11.3. The Bertz CT molecular complexity index is 1310. The summed E-state index contributed by atoms with van der Waals surface area (Å²) >= 11 is 9.31. The van der Waals surface area contributed by atoms with E-state index in [9.17, 15) is 13.2 Å². The highest BCUT2D eigenvalue weighted by molar-refractivity contribution is 9.10. The number of halogens is 2. The lowest BCUT2D eigenvalue weighted by Gasteiger charge is -2.21. The summed E-state index contributed by atoms with van der Waals surface area (Å²) in [6, 6.07) is 15.1. The third-order valence-electron chi connectivity index (χ3n) is 4.73. The SMILES string of the molecule is COc1ccc(N(C(=O)/C=C/c2cc(Br)c(OC)c(OC)c2)S(=O)(=O)c2ccc(Cl)cc2)cc1. The van der Waals surface area contributed by atoms with Crippen LogP contribution in [-0.4, -0.2) is 35.7 Å². The first-order valence-corrected chi connectivity index (χ1v) is 12.4. The zero-order chi connectivity index (χ0) is 24.9. The Labute approximate surface area is 211 Å². The Balaban J connectivity index is 2.05. The molecule has 0 spiro atoms. The van der Waals surface area contributed by atoms with E-state index in [-0.39, 0.29) is 10.6 Å². The summed E-state index contributed by atoms with van der Waals surface area (Å²) in [6.45, 7) is 0. The van der Waals surface area contributed by atoms with Crippen LogP contribution in [-0.2, 0) is 14.8 Å². The molecule has 0 aromatic heterocycles. The van der Waals surface area contributed by atoms with Crippen LogP contribution in [0.3, 0.4) is 0 Å². The lowest BCUT2D eigenvalue weighted by atomic mass is 10.2. The van der Waals surface area contributed by atoms with Gasteiger partial charge in [-0.25, -0.2) is 8.42 Å². The van der Waals surface area contributed by atoms with Gasteiger partial charge >= 0.3 is 0 Å². The standard InChI is InChI=1S/C24H21BrClNO6S/c1-31-19-9-7-18(8-10-19)27(34(29,30)20-11-5-17(26)6-12-20)23(28)13-4-16-14-21(25)24(33-3)22(15-16)32-2/h4-15H,1-3H3/b13-4+. The molecule has 34 heavy (non-hydrogen) atoms. The number of sulfonamides is 1. The quantitative estimate of drug-likeness (QED) is 0.332. The van der Waals surface area contributed by atoms with Crippen LogP contribution in [0.4, 0.5) is 5.69 Å². The highest BCUT2D eigenvalue weighted by Crippen LogP contribution is 2.36. The van der Waals surface area contributed by atoms with Gasteiger partial charge < -0.3 is 14.2 Å². The maximum absolute atomic E-state index is 13.4. The van der Waals surface area contributed by atoms with Gasteiger partial charge in [-0.1, -0.05) is 11.6 Å². The molecular formula is C24H21BrClNO6S. The lowest BCUT2D eigenvalue weighted by molar-refractivity contribution is -0.113. The zero-order valence-electron chi connectivity index (χ0n) is 18.5. The van der Waals surface area contributed by atoms with Gasteiger partial charge in [0.1, 0.15) is 5.75 Å². The van der Waals surface area contributed by atoms with E-state index in [1.807, 2.05) is 0 Å². The van der Waals surface area contributed by atoms with Crippen LogP contribution in [0.25, 0.3) is 6.08 Å². The van der Waals surface area contributed by atoms with Crippen molar-refractivity contribution >= 4 is 55.2 Å². The molecule has 3 rings (SSSR count). The van der Waals surface area contributed by atoms with Crippen LogP contribution in [0, 0.1) is 0 Å². The van der Waals surface area contributed by atoms with E-state index in [2.05, 4.69) is 15.9 Å². The number of hydrogen-bond acceptors (Lipinski definition) is 6. The zero-order valence-corrected chi connectivity index (χ0v) is 21.6. The van der Waals surface area contributed by atoms with Crippen molar-refractivity contribution in [3.05, 3.63) is 81.8 Å². The molecule has 0 radical (unpaired) electrons. The first-order valence-electron chi connectivity index (χ1n) is 9.79. The molecule has 0 N–H and O–H groups in total. The van der Waals surface area contributed by atoms with E-state index in [1.54, 1.807) is 24.3 Å². The molecule has 0 saturated carbocycles. The van der Waals surface area contributed by atoms with E-state index >= 15 is 0 Å². The van der Waals surface area contributed by atoms with E-state index in [0.717, 1.165) is 4.31 Å². The smallest absolute Gasteiger partial charge is 0.271 e. The number of anilines is 1. The van der Waals surface area contributed by atoms with Crippen molar-refractivity contribution in [1.29, 1.82) is 0 Å². The minimum absolute atomic E-state index is 0.0803. The van der Waals surface area contributed by atoms with Crippen molar-refractivity contribution < 1.29 is 27.4 Å². The molecule has 3 aromatic carbocycles. The molecule has 3 aromatic rings. The molecule has 0 aliphatic heterocycles. The van der Waals surface area contributed by atoms with E-state index in [0.29, 0.717) is 32.3 Å². The fourth-order valence-corrected chi connectivity index (χ4v) is 5.22. The van der Waals surface area contributed by atoms with Gasteiger partial charge in [0.25, 0.3) is 15.9 Å². The van der Waals surface area contributed by atoms with Crippen molar-refractivity contribution in [2.45, 2.75) is 4.90 Å². The molecule has 1 amide bonds. The predicted octanol–water partition coefficient (Wildman–Crippen LogP) is 5.56. The molecule has 0 fully saturated rings. The Kier molecular flexibility index (Phi) is 8.24. The van der Waals surface area contributed by atoms with Crippen LogP contribution < -0.4 is 18.5 Å². The summed E-state index contributed by atoms with van der Waals surface area (Å²) in [5.41, 5.74) is 0.746. The van der Waals surface area contributed by atoms with Crippen molar-refractivity contribution in [3.8, 4) is 17.2 Å². The van der Waals surface area contributed by atoms with Gasteiger partial charge in [-0.2, -0.15) is 4.31 Å². The average Bonchev–Trinajstić information content (AvgIpc) is 2.83. The Morgan fingerprint density at radius 3 is 2.15 bits per heavy atom. The second kappa shape index (κ2) is 10.9. The first kappa shape index (κ1) is 25.6. The molecule has 178 valence electrons. The predicted molar refractivity (Wildman–Crippen MR) is 135 cm³/mol. The number of nitrogens with zero attached hydrogens (tertiary/aromatic N) is 1. The van der Waals surface area contributed by atoms with Crippen LogP contribution in [0.2, 0.25) is 5.02 Å². The number of ether oxygens (including phenoxy) is 3. The molecule has 0 unspecified atom stereocenters. The van der Waals surface area contributed by atoms with Gasteiger partial charge in [0.2, 0.25) is 0 Å². The van der Waals surface area contributed by atoms with Crippen molar-refractivity contribution in [1.82, 2.24) is 0 Å². The minimum atomic E-state index is -4.25. The maximum Gasteiger partial charge on any atom is 0.271 e. The molecule has 10 heteroatoms. The Morgan fingerprint density at radius 2 is 1.59 bits per heavy atom. The van der Waals surface area contributed by atoms with Crippen LogP contribution in [0.5, 0.6) is 17.2 Å². The molecule has 0 heterocycles. The first-order chi connectivity index (χ1) is 16.2. The van der Waals surface area contributed by atoms with Crippen LogP contribution in [0.1, 0.15) is 5.56 Å². The molecule has 7 nitrogen and oxygen atoms in total. The lowest BCUT2D eigenvalue weighted by Crippen LogP contribution is -2.35. The molecule has 0 saturated heterocycles. The number of carbonyl (C=O) groups excluding carboxylic acids is 1. The molecule has 0 bridgehead atoms. The fourth-order valence-electron chi connectivity index (χ4n) is 3.08. The van der Waals surface area contributed by atoms with Crippen molar-refractivity contribution in [3.63, 3.8) is 0 Å². The van der Waals surface area contributed by atoms with Gasteiger partial charge in [-0.05, 0) is 88.2 Å². The van der Waals surface area contributed by atoms with Crippen LogP contribution in [0.15, 0.2) is 76.1 Å². The van der Waals surface area contributed by atoms with E-state index in [4.69, 9.17) is 25.8 Å². The van der Waals surface area contributed by atoms with E-state index in [1.165, 1.54) is 69.9 Å². The van der Waals surface area contributed by atoms with Crippen molar-refractivity contribution in [2.75, 3.05) is 25.6 Å². The van der Waals surface area contributed by atoms with Crippen LogP contribution >= 0.6 is 27.5 Å². The fraction of sp³-hybridized carbons (Fsp3) is 0.125. The second-order valence-corrected chi connectivity index (χ2v) is 9.91. The topological polar surface area (TPSA) is 82.1 Å². The monoisotopic (exact) mass is 565 g/mol. The number of amides is 1. The minimum Gasteiger partial charge on any atom is -0.497 e. The average molecular weight is 567 g/mol. The summed E-state index contributed by atoms with van der Waals surface area (Å²) in [7, 11) is 0.249. The van der Waals surface area contributed by atoms with Gasteiger partial charge in [0.15, 0.2) is 11.5 Å². The molecular weight excluding hydrogens is 546 g/mol.